The number of benzene rings is 2. The Morgan fingerprint density at radius 2 is 2.06 bits per heavy atom. The highest BCUT2D eigenvalue weighted by Gasteiger charge is 2.31. The highest BCUT2D eigenvalue weighted by Crippen LogP contribution is 2.44. The Bertz CT molecular complexity index is 1290. The van der Waals surface area contributed by atoms with Crippen LogP contribution in [-0.4, -0.2) is 57.9 Å². The average molecular weight is 428 g/mol. The molecule has 2 aromatic carbocycles. The van der Waals surface area contributed by atoms with Crippen LogP contribution >= 0.6 is 0 Å². The van der Waals surface area contributed by atoms with E-state index in [1.807, 2.05) is 25.1 Å². The fourth-order valence-electron chi connectivity index (χ4n) is 4.57. The second kappa shape index (κ2) is 8.09. The summed E-state index contributed by atoms with van der Waals surface area (Å²) in [5.41, 5.74) is 5.89. The lowest BCUT2D eigenvalue weighted by Gasteiger charge is -2.25. The summed E-state index contributed by atoms with van der Waals surface area (Å²) in [7, 11) is 4.24. The molecule has 1 unspecified atom stereocenters. The van der Waals surface area contributed by atoms with Crippen LogP contribution in [0.1, 0.15) is 23.4 Å². The number of fused-ring (bicyclic) bond motifs is 1. The topological polar surface area (TPSA) is 87.0 Å². The van der Waals surface area contributed by atoms with E-state index < -0.39 is 0 Å². The van der Waals surface area contributed by atoms with E-state index in [1.54, 1.807) is 11.0 Å². The van der Waals surface area contributed by atoms with Gasteiger partial charge in [0.15, 0.2) is 5.58 Å². The van der Waals surface area contributed by atoms with Gasteiger partial charge in [-0.05, 0) is 38.6 Å². The third kappa shape index (κ3) is 3.41. The summed E-state index contributed by atoms with van der Waals surface area (Å²) < 4.78 is 8.00. The van der Waals surface area contributed by atoms with Crippen molar-refractivity contribution in [3.8, 4) is 17.2 Å². The molecule has 5 rings (SSSR count). The van der Waals surface area contributed by atoms with E-state index in [1.165, 1.54) is 6.33 Å². The van der Waals surface area contributed by atoms with E-state index in [4.69, 9.17) is 9.40 Å². The number of anilines is 1. The van der Waals surface area contributed by atoms with Crippen LogP contribution in [0.2, 0.25) is 0 Å². The zero-order chi connectivity index (χ0) is 22.2. The molecule has 162 valence electrons. The minimum atomic E-state index is 0.360. The fraction of sp³-hybridized carbons (Fsp3) is 0.333. The molecule has 1 fully saturated rings. The molecule has 2 aromatic heterocycles. The first-order valence-corrected chi connectivity index (χ1v) is 10.7. The summed E-state index contributed by atoms with van der Waals surface area (Å²) in [5.74, 6) is 0.510. The molecule has 4 aromatic rings. The minimum Gasteiger partial charge on any atom is -0.436 e. The molecule has 0 amide bonds. The maximum absolute atomic E-state index is 10.0. The number of hydrogen-bond donors (Lipinski definition) is 0. The number of rotatable bonds is 5. The second-order valence-corrected chi connectivity index (χ2v) is 8.43. The van der Waals surface area contributed by atoms with Gasteiger partial charge in [-0.2, -0.15) is 10.4 Å². The molecular weight excluding hydrogens is 402 g/mol. The van der Waals surface area contributed by atoms with E-state index in [0.29, 0.717) is 35.1 Å². The molecule has 1 aliphatic heterocycles. The van der Waals surface area contributed by atoms with Crippen molar-refractivity contribution in [2.75, 3.05) is 32.1 Å². The van der Waals surface area contributed by atoms with E-state index in [2.05, 4.69) is 52.2 Å². The Kier molecular flexibility index (Phi) is 5.11. The standard InChI is InChI=1S/C24H25N7O/c1-16-19(11-25)22-24(32-20(28-22)13-31-15-26-14-27-31)23(21(16)17-7-5-4-6-8-17)30-10-9-18(12-30)29(2)3/h4-8,14-15,18H,9-10,12-13H2,1-3H3. The lowest BCUT2D eigenvalue weighted by Crippen LogP contribution is -2.31. The van der Waals surface area contributed by atoms with Crippen LogP contribution in [0.25, 0.3) is 22.2 Å². The molecule has 1 aliphatic rings. The molecule has 8 nitrogen and oxygen atoms in total. The Balaban J connectivity index is 1.75. The van der Waals surface area contributed by atoms with Crippen molar-refractivity contribution in [1.82, 2.24) is 24.6 Å². The molecular formula is C24H25N7O. The molecule has 0 spiro atoms. The largest absolute Gasteiger partial charge is 0.436 e. The average Bonchev–Trinajstić information content (AvgIpc) is 3.55. The Morgan fingerprint density at radius 1 is 1.25 bits per heavy atom. The SMILES string of the molecule is Cc1c(-c2ccccc2)c(N2CCC(N(C)C)C2)c2oc(Cn3cncn3)nc2c1C#N. The van der Waals surface area contributed by atoms with E-state index in [9.17, 15) is 5.26 Å². The van der Waals surface area contributed by atoms with Crippen LogP contribution < -0.4 is 4.90 Å². The first kappa shape index (κ1) is 20.2. The zero-order valence-electron chi connectivity index (χ0n) is 18.5. The van der Waals surface area contributed by atoms with E-state index >= 15 is 0 Å². The number of nitriles is 1. The van der Waals surface area contributed by atoms with Gasteiger partial charge in [-0.15, -0.1) is 0 Å². The lowest BCUT2D eigenvalue weighted by molar-refractivity contribution is 0.315. The van der Waals surface area contributed by atoms with Crippen molar-refractivity contribution in [3.63, 3.8) is 0 Å². The summed E-state index contributed by atoms with van der Waals surface area (Å²) in [6, 6.07) is 13.1. The predicted molar refractivity (Wildman–Crippen MR) is 122 cm³/mol. The van der Waals surface area contributed by atoms with E-state index in [0.717, 1.165) is 41.9 Å². The van der Waals surface area contributed by atoms with Gasteiger partial charge >= 0.3 is 0 Å². The van der Waals surface area contributed by atoms with E-state index in [-0.39, 0.29) is 0 Å². The van der Waals surface area contributed by atoms with Gasteiger partial charge in [-0.3, -0.25) is 0 Å². The van der Waals surface area contributed by atoms with Gasteiger partial charge in [0, 0.05) is 24.7 Å². The van der Waals surface area contributed by atoms with Gasteiger partial charge in [0.2, 0.25) is 5.89 Å². The molecule has 0 radical (unpaired) electrons. The van der Waals surface area contributed by atoms with Gasteiger partial charge < -0.3 is 14.2 Å². The Labute approximate surface area is 186 Å². The monoisotopic (exact) mass is 427 g/mol. The zero-order valence-corrected chi connectivity index (χ0v) is 18.5. The summed E-state index contributed by atoms with van der Waals surface area (Å²) in [4.78, 5) is 13.4. The van der Waals surface area contributed by atoms with Crippen molar-refractivity contribution in [2.45, 2.75) is 25.9 Å². The third-order valence-corrected chi connectivity index (χ3v) is 6.26. The van der Waals surface area contributed by atoms with Gasteiger partial charge in [-0.25, -0.2) is 14.6 Å². The molecule has 0 bridgehead atoms. The van der Waals surface area contributed by atoms with Crippen LogP contribution in [0.3, 0.4) is 0 Å². The van der Waals surface area contributed by atoms with Crippen molar-refractivity contribution in [1.29, 1.82) is 5.26 Å². The molecule has 3 heterocycles. The number of nitrogens with zero attached hydrogens (tertiary/aromatic N) is 7. The summed E-state index contributed by atoms with van der Waals surface area (Å²) >= 11 is 0. The van der Waals surface area contributed by atoms with Crippen LogP contribution in [0, 0.1) is 18.3 Å². The van der Waals surface area contributed by atoms with Crippen LogP contribution in [-0.2, 0) is 6.54 Å². The van der Waals surface area contributed by atoms with Crippen molar-refractivity contribution in [2.24, 2.45) is 0 Å². The normalized spacial score (nSPS) is 16.2. The maximum Gasteiger partial charge on any atom is 0.217 e. The molecule has 8 heteroatoms. The highest BCUT2D eigenvalue weighted by molar-refractivity contribution is 6.02. The molecule has 0 N–H and O–H groups in total. The smallest absolute Gasteiger partial charge is 0.217 e. The van der Waals surface area contributed by atoms with Crippen molar-refractivity contribution < 1.29 is 4.42 Å². The Morgan fingerprint density at radius 3 is 2.72 bits per heavy atom. The van der Waals surface area contributed by atoms with Crippen molar-refractivity contribution >= 4 is 16.8 Å². The third-order valence-electron chi connectivity index (χ3n) is 6.26. The Hall–Kier alpha value is -3.70. The highest BCUT2D eigenvalue weighted by atomic mass is 16.3. The minimum absolute atomic E-state index is 0.360. The molecule has 0 saturated carbocycles. The first-order valence-electron chi connectivity index (χ1n) is 10.7. The number of likely N-dealkylation sites (N-methyl/N-ethyl adjacent to an activating group) is 1. The number of aromatic nitrogens is 4. The molecule has 1 saturated heterocycles. The number of hydrogen-bond acceptors (Lipinski definition) is 7. The van der Waals surface area contributed by atoms with Crippen molar-refractivity contribution in [3.05, 3.63) is 60.0 Å². The van der Waals surface area contributed by atoms with Gasteiger partial charge in [0.25, 0.3) is 0 Å². The lowest BCUT2D eigenvalue weighted by atomic mass is 9.93. The summed E-state index contributed by atoms with van der Waals surface area (Å²) in [6.45, 7) is 4.18. The molecule has 1 atom stereocenters. The fourth-order valence-corrected chi connectivity index (χ4v) is 4.57. The van der Waals surface area contributed by atoms with Gasteiger partial charge in [0.05, 0.1) is 11.3 Å². The van der Waals surface area contributed by atoms with Gasteiger partial charge in [-0.1, -0.05) is 30.3 Å². The molecule has 0 aliphatic carbocycles. The number of oxazole rings is 1. The van der Waals surface area contributed by atoms with Crippen LogP contribution in [0.4, 0.5) is 5.69 Å². The molecule has 32 heavy (non-hydrogen) atoms. The van der Waals surface area contributed by atoms with Gasteiger partial charge in [0.1, 0.15) is 30.8 Å². The summed E-state index contributed by atoms with van der Waals surface area (Å²) in [5, 5.41) is 14.2. The maximum atomic E-state index is 10.0. The second-order valence-electron chi connectivity index (χ2n) is 8.43. The summed E-state index contributed by atoms with van der Waals surface area (Å²) in [6.07, 6.45) is 4.18. The first-order chi connectivity index (χ1) is 15.6. The van der Waals surface area contributed by atoms with Crippen LogP contribution in [0.5, 0.6) is 0 Å². The predicted octanol–water partition coefficient (Wildman–Crippen LogP) is 3.46. The quantitative estimate of drug-likeness (QED) is 0.482. The van der Waals surface area contributed by atoms with Crippen LogP contribution in [0.15, 0.2) is 47.4 Å².